The monoisotopic (exact) mass is 410 g/mol. The van der Waals surface area contributed by atoms with Gasteiger partial charge < -0.3 is 0 Å². The minimum Gasteiger partial charge on any atom is -0.192 e. The maximum absolute atomic E-state index is 6.21. The number of aromatic nitrogens is 3. The average Bonchev–Trinajstić information content (AvgIpc) is 2.97. The zero-order chi connectivity index (χ0) is 17.8. The van der Waals surface area contributed by atoms with Crippen LogP contribution in [-0.2, 0) is 5.75 Å². The molecule has 0 spiro atoms. The fourth-order valence-electron chi connectivity index (χ4n) is 2.06. The van der Waals surface area contributed by atoms with Crippen LogP contribution >= 0.6 is 46.6 Å². The van der Waals surface area contributed by atoms with Crippen LogP contribution in [0.3, 0.4) is 0 Å². The van der Waals surface area contributed by atoms with Crippen molar-refractivity contribution in [2.45, 2.75) is 17.8 Å². The molecule has 0 N–H and O–H groups in total. The number of nitrogens with zero attached hydrogens (tertiary/aromatic N) is 4. The van der Waals surface area contributed by atoms with Gasteiger partial charge in [-0.2, -0.15) is 9.78 Å². The Morgan fingerprint density at radius 2 is 1.76 bits per heavy atom. The van der Waals surface area contributed by atoms with Crippen molar-refractivity contribution in [2.24, 2.45) is 5.10 Å². The molecule has 4 nitrogen and oxygen atoms in total. The van der Waals surface area contributed by atoms with Gasteiger partial charge in [0.1, 0.15) is 0 Å². The first-order chi connectivity index (χ1) is 12.1. The summed E-state index contributed by atoms with van der Waals surface area (Å²) in [6.07, 6.45) is 1.57. The molecule has 0 amide bonds. The molecule has 0 unspecified atom stereocenters. The van der Waals surface area contributed by atoms with Gasteiger partial charge in [0.25, 0.3) is 0 Å². The van der Waals surface area contributed by atoms with Crippen molar-refractivity contribution in [1.29, 1.82) is 0 Å². The number of rotatable bonds is 5. The molecule has 0 bridgehead atoms. The summed E-state index contributed by atoms with van der Waals surface area (Å²) in [4.78, 5) is 0. The van der Waals surface area contributed by atoms with Gasteiger partial charge in [-0.25, -0.2) is 0 Å². The summed E-state index contributed by atoms with van der Waals surface area (Å²) in [7, 11) is 0. The van der Waals surface area contributed by atoms with E-state index >= 15 is 0 Å². The van der Waals surface area contributed by atoms with Crippen molar-refractivity contribution in [1.82, 2.24) is 14.9 Å². The fraction of sp³-hybridized carbons (Fsp3) is 0.118. The summed E-state index contributed by atoms with van der Waals surface area (Å²) in [6, 6.07) is 13.5. The van der Waals surface area contributed by atoms with Crippen LogP contribution < -0.4 is 0 Å². The Hall–Kier alpha value is -1.53. The van der Waals surface area contributed by atoms with Gasteiger partial charge in [-0.05, 0) is 24.6 Å². The minimum absolute atomic E-state index is 0.363. The van der Waals surface area contributed by atoms with Gasteiger partial charge in [-0.1, -0.05) is 76.9 Å². The van der Waals surface area contributed by atoms with E-state index in [1.165, 1.54) is 5.56 Å². The Labute approximate surface area is 164 Å². The Morgan fingerprint density at radius 1 is 1.04 bits per heavy atom. The fourth-order valence-corrected chi connectivity index (χ4v) is 3.58. The van der Waals surface area contributed by atoms with Gasteiger partial charge in [0, 0.05) is 11.3 Å². The van der Waals surface area contributed by atoms with Crippen LogP contribution in [0.2, 0.25) is 15.1 Å². The third kappa shape index (κ3) is 4.36. The summed E-state index contributed by atoms with van der Waals surface area (Å²) in [5.74, 6) is 1.44. The lowest BCUT2D eigenvalue weighted by Crippen LogP contribution is -1.97. The lowest BCUT2D eigenvalue weighted by Gasteiger charge is -2.05. The summed E-state index contributed by atoms with van der Waals surface area (Å²) in [6.45, 7) is 1.83. The Balaban J connectivity index is 1.84. The number of hydrogen-bond acceptors (Lipinski definition) is 4. The van der Waals surface area contributed by atoms with E-state index in [1.54, 1.807) is 34.8 Å². The molecule has 1 aromatic heterocycles. The van der Waals surface area contributed by atoms with E-state index in [0.717, 1.165) is 5.75 Å². The predicted molar refractivity (Wildman–Crippen MR) is 105 cm³/mol. The summed E-state index contributed by atoms with van der Waals surface area (Å²) < 4.78 is 1.65. The van der Waals surface area contributed by atoms with E-state index in [2.05, 4.69) is 27.4 Å². The van der Waals surface area contributed by atoms with Gasteiger partial charge in [0.15, 0.2) is 5.82 Å². The standard InChI is InChI=1S/C17H13Cl3N4S/c1-11-22-23-17(25-10-12-5-3-2-4-6-12)24(11)21-9-13-14(18)7-8-15(19)16(13)20/h2-9H,10H2,1H3/b21-9-. The highest BCUT2D eigenvalue weighted by molar-refractivity contribution is 7.98. The van der Waals surface area contributed by atoms with E-state index in [0.29, 0.717) is 31.6 Å². The summed E-state index contributed by atoms with van der Waals surface area (Å²) in [5.41, 5.74) is 1.76. The SMILES string of the molecule is Cc1nnc(SCc2ccccc2)n1/N=C\c1c(Cl)ccc(Cl)c1Cl. The molecule has 0 atom stereocenters. The molecule has 3 rings (SSSR count). The molecule has 0 radical (unpaired) electrons. The number of aryl methyl sites for hydroxylation is 1. The molecular weight excluding hydrogens is 399 g/mol. The molecule has 0 saturated carbocycles. The molecule has 0 aliphatic carbocycles. The highest BCUT2D eigenvalue weighted by Gasteiger charge is 2.11. The van der Waals surface area contributed by atoms with E-state index in [-0.39, 0.29) is 0 Å². The topological polar surface area (TPSA) is 43.1 Å². The molecule has 0 aliphatic rings. The minimum atomic E-state index is 0.363. The molecule has 128 valence electrons. The van der Waals surface area contributed by atoms with Crippen LogP contribution in [-0.4, -0.2) is 21.1 Å². The maximum atomic E-state index is 6.21. The lowest BCUT2D eigenvalue weighted by atomic mass is 10.2. The molecule has 0 saturated heterocycles. The van der Waals surface area contributed by atoms with E-state index in [1.807, 2.05) is 25.1 Å². The summed E-state index contributed by atoms with van der Waals surface area (Å²) >= 11 is 20.0. The number of benzene rings is 2. The highest BCUT2D eigenvalue weighted by Crippen LogP contribution is 2.30. The quantitative estimate of drug-likeness (QED) is 0.306. The first-order valence-electron chi connectivity index (χ1n) is 7.33. The van der Waals surface area contributed by atoms with Crippen LogP contribution in [0.15, 0.2) is 52.7 Å². The largest absolute Gasteiger partial charge is 0.212 e. The normalized spacial score (nSPS) is 11.4. The van der Waals surface area contributed by atoms with Gasteiger partial charge in [-0.3, -0.25) is 0 Å². The Morgan fingerprint density at radius 3 is 2.52 bits per heavy atom. The van der Waals surface area contributed by atoms with Crippen molar-refractivity contribution in [3.05, 3.63) is 74.5 Å². The maximum Gasteiger partial charge on any atom is 0.212 e. The predicted octanol–water partition coefficient (Wildman–Crippen LogP) is 5.72. The zero-order valence-electron chi connectivity index (χ0n) is 13.2. The van der Waals surface area contributed by atoms with Gasteiger partial charge in [-0.15, -0.1) is 10.2 Å². The number of thioether (sulfide) groups is 1. The zero-order valence-corrected chi connectivity index (χ0v) is 16.2. The van der Waals surface area contributed by atoms with E-state index in [4.69, 9.17) is 34.8 Å². The molecule has 0 fully saturated rings. The first-order valence-corrected chi connectivity index (χ1v) is 9.45. The van der Waals surface area contributed by atoms with Crippen molar-refractivity contribution in [3.8, 4) is 0 Å². The molecule has 8 heteroatoms. The first kappa shape index (κ1) is 18.3. The Kier molecular flexibility index (Phi) is 6.02. The van der Waals surface area contributed by atoms with Crippen LogP contribution in [0.25, 0.3) is 0 Å². The molecule has 3 aromatic rings. The molecule has 0 aliphatic heterocycles. The second-order valence-corrected chi connectivity index (χ2v) is 7.25. The van der Waals surface area contributed by atoms with Crippen molar-refractivity contribution in [2.75, 3.05) is 0 Å². The van der Waals surface area contributed by atoms with Crippen LogP contribution in [0.5, 0.6) is 0 Å². The van der Waals surface area contributed by atoms with Gasteiger partial charge in [0.2, 0.25) is 5.16 Å². The highest BCUT2D eigenvalue weighted by atomic mass is 35.5. The van der Waals surface area contributed by atoms with E-state index in [9.17, 15) is 0 Å². The summed E-state index contributed by atoms with van der Waals surface area (Å²) in [5, 5.41) is 14.6. The molecule has 1 heterocycles. The second kappa shape index (κ2) is 8.23. The van der Waals surface area contributed by atoms with Crippen molar-refractivity contribution in [3.63, 3.8) is 0 Å². The van der Waals surface area contributed by atoms with Crippen LogP contribution in [0.4, 0.5) is 0 Å². The molecular formula is C17H13Cl3N4S. The number of hydrogen-bond donors (Lipinski definition) is 0. The lowest BCUT2D eigenvalue weighted by molar-refractivity contribution is 0.744. The molecule has 25 heavy (non-hydrogen) atoms. The Bertz CT molecular complexity index is 910. The average molecular weight is 412 g/mol. The van der Waals surface area contributed by atoms with Crippen molar-refractivity contribution < 1.29 is 0 Å². The van der Waals surface area contributed by atoms with Gasteiger partial charge >= 0.3 is 0 Å². The number of halogens is 3. The smallest absolute Gasteiger partial charge is 0.192 e. The van der Waals surface area contributed by atoms with E-state index < -0.39 is 0 Å². The van der Waals surface area contributed by atoms with Crippen LogP contribution in [0.1, 0.15) is 17.0 Å². The third-order valence-corrected chi connectivity index (χ3v) is 5.50. The second-order valence-electron chi connectivity index (χ2n) is 5.12. The third-order valence-electron chi connectivity index (χ3n) is 3.36. The van der Waals surface area contributed by atoms with Gasteiger partial charge in [0.05, 0.1) is 21.3 Å². The van der Waals surface area contributed by atoms with Crippen LogP contribution in [0, 0.1) is 6.92 Å². The molecule has 2 aromatic carbocycles. The van der Waals surface area contributed by atoms with Crippen molar-refractivity contribution >= 4 is 52.8 Å².